The van der Waals surface area contributed by atoms with Gasteiger partial charge in [-0.25, -0.2) is 8.42 Å². The van der Waals surface area contributed by atoms with Crippen LogP contribution in [-0.2, 0) is 16.4 Å². The van der Waals surface area contributed by atoms with Gasteiger partial charge in [-0.05, 0) is 67.5 Å². The Morgan fingerprint density at radius 3 is 2.38 bits per heavy atom. The Morgan fingerprint density at radius 2 is 1.72 bits per heavy atom. The number of aryl methyl sites for hydroxylation is 1. The summed E-state index contributed by atoms with van der Waals surface area (Å²) >= 11 is 0. The number of anilines is 1. The molecule has 1 aliphatic heterocycles. The molecule has 7 nitrogen and oxygen atoms in total. The first kappa shape index (κ1) is 21.0. The summed E-state index contributed by atoms with van der Waals surface area (Å²) in [4.78, 5) is 7.28. The SMILES string of the molecule is Cc1cccnc1CN1CC2CC(Nc3ccc(S(=O)(=O)c4ccccc4)nn3)C[C@@H]2C1. The van der Waals surface area contributed by atoms with E-state index in [2.05, 4.69) is 38.4 Å². The van der Waals surface area contributed by atoms with Crippen LogP contribution in [0.3, 0.4) is 0 Å². The molecular weight excluding hydrogens is 422 g/mol. The number of benzene rings is 1. The van der Waals surface area contributed by atoms with Gasteiger partial charge in [-0.2, -0.15) is 0 Å². The third kappa shape index (κ3) is 4.25. The third-order valence-corrected chi connectivity index (χ3v) is 8.30. The van der Waals surface area contributed by atoms with Crippen molar-refractivity contribution in [3.63, 3.8) is 0 Å². The van der Waals surface area contributed by atoms with E-state index in [0.29, 0.717) is 23.7 Å². The molecule has 2 unspecified atom stereocenters. The molecule has 166 valence electrons. The first-order chi connectivity index (χ1) is 15.5. The van der Waals surface area contributed by atoms with E-state index in [1.807, 2.05) is 12.3 Å². The number of nitrogens with zero attached hydrogens (tertiary/aromatic N) is 4. The van der Waals surface area contributed by atoms with Crippen LogP contribution >= 0.6 is 0 Å². The van der Waals surface area contributed by atoms with Crippen LogP contribution in [0.5, 0.6) is 0 Å². The molecule has 2 aromatic heterocycles. The highest BCUT2D eigenvalue weighted by Gasteiger charge is 2.41. The molecule has 32 heavy (non-hydrogen) atoms. The average molecular weight is 450 g/mol. The zero-order valence-electron chi connectivity index (χ0n) is 18.1. The minimum Gasteiger partial charge on any atom is -0.366 e. The molecule has 8 heteroatoms. The summed E-state index contributed by atoms with van der Waals surface area (Å²) in [5.74, 6) is 1.97. The summed E-state index contributed by atoms with van der Waals surface area (Å²) in [7, 11) is -3.64. The van der Waals surface area contributed by atoms with Gasteiger partial charge in [0.15, 0.2) is 5.03 Å². The average Bonchev–Trinajstić information content (AvgIpc) is 3.34. The number of hydrogen-bond donors (Lipinski definition) is 1. The first-order valence-corrected chi connectivity index (χ1v) is 12.5. The molecule has 0 spiro atoms. The Balaban J connectivity index is 1.17. The van der Waals surface area contributed by atoms with E-state index < -0.39 is 9.84 Å². The number of aromatic nitrogens is 3. The minimum absolute atomic E-state index is 0.0296. The first-order valence-electron chi connectivity index (χ1n) is 11.0. The second-order valence-electron chi connectivity index (χ2n) is 8.87. The number of fused-ring (bicyclic) bond motifs is 1. The second kappa shape index (κ2) is 8.60. The van der Waals surface area contributed by atoms with Crippen molar-refractivity contribution in [2.24, 2.45) is 11.8 Å². The standard InChI is InChI=1S/C24H27N5O2S/c1-17-6-5-11-25-22(17)16-29-14-18-12-20(13-19(18)15-29)26-23-9-10-24(28-27-23)32(30,31)21-7-3-2-4-8-21/h2-11,18-20H,12-16H2,1H3,(H,26,27)/t18-,19?,20?/m1/s1. The van der Waals surface area contributed by atoms with Crippen LogP contribution in [0.25, 0.3) is 0 Å². The molecule has 0 bridgehead atoms. The summed E-state index contributed by atoms with van der Waals surface area (Å²) in [6.07, 6.45) is 4.05. The van der Waals surface area contributed by atoms with Crippen molar-refractivity contribution in [3.8, 4) is 0 Å². The Hall–Kier alpha value is -2.84. The van der Waals surface area contributed by atoms with Crippen LogP contribution in [0.4, 0.5) is 5.82 Å². The monoisotopic (exact) mass is 449 g/mol. The van der Waals surface area contributed by atoms with Crippen LogP contribution in [-0.4, -0.2) is 47.6 Å². The molecule has 3 aromatic rings. The van der Waals surface area contributed by atoms with Crippen LogP contribution in [0.1, 0.15) is 24.1 Å². The molecule has 0 radical (unpaired) electrons. The number of pyridine rings is 1. The van der Waals surface area contributed by atoms with Gasteiger partial charge >= 0.3 is 0 Å². The maximum atomic E-state index is 12.7. The minimum atomic E-state index is -3.64. The highest BCUT2D eigenvalue weighted by Crippen LogP contribution is 2.39. The smallest absolute Gasteiger partial charge is 0.225 e. The molecular formula is C24H27N5O2S. The van der Waals surface area contributed by atoms with Crippen molar-refractivity contribution in [1.82, 2.24) is 20.1 Å². The fraction of sp³-hybridized carbons (Fsp3) is 0.375. The molecule has 3 heterocycles. The van der Waals surface area contributed by atoms with Gasteiger partial charge in [-0.15, -0.1) is 10.2 Å². The Kier molecular flexibility index (Phi) is 5.65. The van der Waals surface area contributed by atoms with Gasteiger partial charge in [-0.1, -0.05) is 24.3 Å². The Morgan fingerprint density at radius 1 is 0.969 bits per heavy atom. The number of hydrogen-bond acceptors (Lipinski definition) is 7. The molecule has 1 saturated heterocycles. The van der Waals surface area contributed by atoms with Crippen LogP contribution < -0.4 is 5.32 Å². The fourth-order valence-electron chi connectivity index (χ4n) is 5.01. The van der Waals surface area contributed by atoms with Gasteiger partial charge < -0.3 is 5.32 Å². The normalized spacial score (nSPS) is 23.2. The van der Waals surface area contributed by atoms with Gasteiger partial charge in [0.05, 0.1) is 10.6 Å². The van der Waals surface area contributed by atoms with E-state index in [0.717, 1.165) is 32.5 Å². The number of rotatable bonds is 6. The molecule has 2 aliphatic rings. The van der Waals surface area contributed by atoms with Crippen molar-refractivity contribution in [2.45, 2.75) is 42.3 Å². The molecule has 1 N–H and O–H groups in total. The molecule has 1 aliphatic carbocycles. The van der Waals surface area contributed by atoms with Gasteiger partial charge in [0, 0.05) is 31.9 Å². The van der Waals surface area contributed by atoms with E-state index in [-0.39, 0.29) is 9.92 Å². The predicted octanol–water partition coefficient (Wildman–Crippen LogP) is 3.34. The van der Waals surface area contributed by atoms with Crippen LogP contribution in [0, 0.1) is 18.8 Å². The van der Waals surface area contributed by atoms with E-state index in [9.17, 15) is 8.42 Å². The van der Waals surface area contributed by atoms with Crippen molar-refractivity contribution >= 4 is 15.7 Å². The second-order valence-corrected chi connectivity index (χ2v) is 10.8. The summed E-state index contributed by atoms with van der Waals surface area (Å²) in [6, 6.07) is 16.0. The van der Waals surface area contributed by atoms with Gasteiger partial charge in [-0.3, -0.25) is 9.88 Å². The van der Waals surface area contributed by atoms with E-state index >= 15 is 0 Å². The largest absolute Gasteiger partial charge is 0.366 e. The summed E-state index contributed by atoms with van der Waals surface area (Å²) in [5.41, 5.74) is 2.42. The van der Waals surface area contributed by atoms with Crippen LogP contribution in [0.15, 0.2) is 70.7 Å². The Bertz CT molecular complexity index is 1170. The quantitative estimate of drug-likeness (QED) is 0.617. The van der Waals surface area contributed by atoms with Crippen molar-refractivity contribution in [3.05, 3.63) is 72.1 Å². The van der Waals surface area contributed by atoms with Gasteiger partial charge in [0.1, 0.15) is 5.82 Å². The predicted molar refractivity (Wildman–Crippen MR) is 122 cm³/mol. The molecule has 1 saturated carbocycles. The van der Waals surface area contributed by atoms with Crippen molar-refractivity contribution in [2.75, 3.05) is 18.4 Å². The lowest BCUT2D eigenvalue weighted by Gasteiger charge is -2.20. The third-order valence-electron chi connectivity index (χ3n) is 6.64. The summed E-state index contributed by atoms with van der Waals surface area (Å²) in [5, 5.41) is 11.6. The lowest BCUT2D eigenvalue weighted by atomic mass is 10.0. The number of likely N-dealkylation sites (tertiary alicyclic amines) is 1. The fourth-order valence-corrected chi connectivity index (χ4v) is 6.16. The lowest BCUT2D eigenvalue weighted by Crippen LogP contribution is -2.26. The van der Waals surface area contributed by atoms with Gasteiger partial charge in [0.25, 0.3) is 0 Å². The summed E-state index contributed by atoms with van der Waals surface area (Å²) in [6.45, 7) is 5.23. The van der Waals surface area contributed by atoms with Crippen molar-refractivity contribution < 1.29 is 8.42 Å². The summed E-state index contributed by atoms with van der Waals surface area (Å²) < 4.78 is 25.3. The topological polar surface area (TPSA) is 88.1 Å². The maximum absolute atomic E-state index is 12.7. The number of sulfone groups is 1. The van der Waals surface area contributed by atoms with Crippen molar-refractivity contribution in [1.29, 1.82) is 0 Å². The van der Waals surface area contributed by atoms with Gasteiger partial charge in [0.2, 0.25) is 9.84 Å². The molecule has 1 aromatic carbocycles. The lowest BCUT2D eigenvalue weighted by molar-refractivity contribution is 0.297. The van der Waals surface area contributed by atoms with E-state index in [1.54, 1.807) is 36.4 Å². The zero-order valence-corrected chi connectivity index (χ0v) is 18.9. The highest BCUT2D eigenvalue weighted by atomic mass is 32.2. The number of nitrogens with one attached hydrogen (secondary N) is 1. The van der Waals surface area contributed by atoms with Crippen LogP contribution in [0.2, 0.25) is 0 Å². The van der Waals surface area contributed by atoms with E-state index in [1.165, 1.54) is 17.3 Å². The molecule has 3 atom stereocenters. The molecule has 2 fully saturated rings. The maximum Gasteiger partial charge on any atom is 0.225 e. The molecule has 0 amide bonds. The van der Waals surface area contributed by atoms with E-state index in [4.69, 9.17) is 0 Å². The molecule has 5 rings (SSSR count). The zero-order chi connectivity index (χ0) is 22.1. The Labute approximate surface area is 188 Å². The highest BCUT2D eigenvalue weighted by molar-refractivity contribution is 7.91.